The Hall–Kier alpha value is -1.68. The third-order valence-electron chi connectivity index (χ3n) is 4.19. The fraction of sp³-hybridized carbons (Fsp3) is 0.444. The van der Waals surface area contributed by atoms with Gasteiger partial charge in [-0.2, -0.15) is 0 Å². The monoisotopic (exact) mass is 314 g/mol. The van der Waals surface area contributed by atoms with Crippen molar-refractivity contribution in [3.05, 3.63) is 35.3 Å². The maximum Gasteiger partial charge on any atom is 0.139 e. The van der Waals surface area contributed by atoms with Crippen molar-refractivity contribution in [2.45, 2.75) is 33.1 Å². The highest BCUT2D eigenvalue weighted by Crippen LogP contribution is 2.35. The largest absolute Gasteiger partial charge is 0.371 e. The molecule has 2 aromatic rings. The zero-order valence-electron chi connectivity index (χ0n) is 13.2. The predicted molar refractivity (Wildman–Crippen MR) is 92.5 cm³/mol. The molecule has 0 N–H and O–H groups in total. The van der Waals surface area contributed by atoms with Crippen molar-refractivity contribution in [1.82, 2.24) is 4.98 Å². The van der Waals surface area contributed by atoms with Crippen LogP contribution >= 0.6 is 11.3 Å². The predicted octanol–water partition coefficient (Wildman–Crippen LogP) is 4.18. The van der Waals surface area contributed by atoms with Gasteiger partial charge in [-0.15, -0.1) is 11.3 Å². The lowest BCUT2D eigenvalue weighted by molar-refractivity contribution is -0.121. The highest BCUT2D eigenvalue weighted by molar-refractivity contribution is 7.13. The van der Waals surface area contributed by atoms with E-state index in [1.165, 1.54) is 24.1 Å². The van der Waals surface area contributed by atoms with Crippen molar-refractivity contribution in [2.24, 2.45) is 5.92 Å². The molecule has 1 aromatic heterocycles. The number of Topliss-reactive ketones (excluding diaryl/α,β-unsaturated/α-hetero) is 1. The lowest BCUT2D eigenvalue weighted by Gasteiger charge is -2.21. The van der Waals surface area contributed by atoms with Gasteiger partial charge in [-0.1, -0.05) is 19.9 Å². The molecule has 0 unspecified atom stereocenters. The first kappa shape index (κ1) is 15.2. The SMILES string of the molecule is CC(C)C(=O)Cc1ccc(-c2nccs2)c(N2CCCC2)c1. The zero-order chi connectivity index (χ0) is 15.5. The number of hydrogen-bond donors (Lipinski definition) is 0. The first-order valence-corrected chi connectivity index (χ1v) is 8.83. The first-order chi connectivity index (χ1) is 10.6. The minimum absolute atomic E-state index is 0.0916. The summed E-state index contributed by atoms with van der Waals surface area (Å²) in [5, 5.41) is 3.07. The van der Waals surface area contributed by atoms with Gasteiger partial charge in [-0.3, -0.25) is 4.79 Å². The van der Waals surface area contributed by atoms with Crippen molar-refractivity contribution >= 4 is 22.8 Å². The summed E-state index contributed by atoms with van der Waals surface area (Å²) in [6.45, 7) is 6.13. The Kier molecular flexibility index (Phi) is 4.57. The van der Waals surface area contributed by atoms with Crippen molar-refractivity contribution < 1.29 is 4.79 Å². The number of thiazole rings is 1. The maximum atomic E-state index is 12.0. The van der Waals surface area contributed by atoms with Crippen LogP contribution in [0.15, 0.2) is 29.8 Å². The Bertz CT molecular complexity index is 643. The smallest absolute Gasteiger partial charge is 0.139 e. The zero-order valence-corrected chi connectivity index (χ0v) is 14.0. The molecule has 116 valence electrons. The second-order valence-electron chi connectivity index (χ2n) is 6.18. The van der Waals surface area contributed by atoms with Crippen molar-refractivity contribution in [1.29, 1.82) is 0 Å². The number of rotatable bonds is 5. The fourth-order valence-electron chi connectivity index (χ4n) is 2.85. The van der Waals surface area contributed by atoms with Crippen LogP contribution in [0.1, 0.15) is 32.3 Å². The number of nitrogens with zero attached hydrogens (tertiary/aromatic N) is 2. The van der Waals surface area contributed by atoms with Gasteiger partial charge in [-0.05, 0) is 30.5 Å². The Balaban J connectivity index is 1.95. The number of anilines is 1. The molecule has 1 fully saturated rings. The van der Waals surface area contributed by atoms with Crippen LogP contribution in [0.5, 0.6) is 0 Å². The van der Waals surface area contributed by atoms with Gasteiger partial charge in [0.2, 0.25) is 0 Å². The molecule has 0 bridgehead atoms. The van der Waals surface area contributed by atoms with Crippen LogP contribution in [0.3, 0.4) is 0 Å². The van der Waals surface area contributed by atoms with Gasteiger partial charge in [-0.25, -0.2) is 4.98 Å². The summed E-state index contributed by atoms with van der Waals surface area (Å²) in [5.74, 6) is 0.392. The standard InChI is InChI=1S/C18H22N2OS/c1-13(2)17(21)12-14-5-6-15(18-19-7-10-22-18)16(11-14)20-8-3-4-9-20/h5-7,10-11,13H,3-4,8-9,12H2,1-2H3. The van der Waals surface area contributed by atoms with Crippen LogP contribution in [0.4, 0.5) is 5.69 Å². The van der Waals surface area contributed by atoms with Gasteiger partial charge in [0.1, 0.15) is 10.8 Å². The Morgan fingerprint density at radius 1 is 1.32 bits per heavy atom. The van der Waals surface area contributed by atoms with Crippen LogP contribution in [0, 0.1) is 5.92 Å². The molecule has 1 saturated heterocycles. The third kappa shape index (κ3) is 3.22. The summed E-state index contributed by atoms with van der Waals surface area (Å²) in [6.07, 6.45) is 4.86. The van der Waals surface area contributed by atoms with Gasteiger partial charge >= 0.3 is 0 Å². The average Bonchev–Trinajstić information content (AvgIpc) is 3.20. The molecule has 1 aliphatic heterocycles. The van der Waals surface area contributed by atoms with Gasteiger partial charge in [0.05, 0.1) is 0 Å². The molecule has 0 amide bonds. The lowest BCUT2D eigenvalue weighted by atomic mass is 9.99. The topological polar surface area (TPSA) is 33.2 Å². The van der Waals surface area contributed by atoms with Crippen LogP contribution in [-0.4, -0.2) is 23.9 Å². The lowest BCUT2D eigenvalue weighted by Crippen LogP contribution is -2.19. The molecule has 3 rings (SSSR count). The first-order valence-electron chi connectivity index (χ1n) is 7.95. The molecule has 1 aromatic carbocycles. The van der Waals surface area contributed by atoms with Crippen molar-refractivity contribution in [2.75, 3.05) is 18.0 Å². The van der Waals surface area contributed by atoms with Crippen molar-refractivity contribution in [3.63, 3.8) is 0 Å². The summed E-state index contributed by atoms with van der Waals surface area (Å²) in [4.78, 5) is 18.9. The normalized spacial score (nSPS) is 14.8. The number of ketones is 1. The van der Waals surface area contributed by atoms with E-state index in [2.05, 4.69) is 28.1 Å². The summed E-state index contributed by atoms with van der Waals surface area (Å²) in [5.41, 5.74) is 3.54. The highest BCUT2D eigenvalue weighted by Gasteiger charge is 2.19. The van der Waals surface area contributed by atoms with E-state index < -0.39 is 0 Å². The number of hydrogen-bond acceptors (Lipinski definition) is 4. The van der Waals surface area contributed by atoms with E-state index >= 15 is 0 Å². The number of benzene rings is 1. The molecule has 4 heteroatoms. The van der Waals surface area contributed by atoms with E-state index in [4.69, 9.17) is 0 Å². The van der Waals surface area contributed by atoms with Crippen LogP contribution in [-0.2, 0) is 11.2 Å². The molecular weight excluding hydrogens is 292 g/mol. The maximum absolute atomic E-state index is 12.0. The third-order valence-corrected chi connectivity index (χ3v) is 5.00. The second kappa shape index (κ2) is 6.61. The van der Waals surface area contributed by atoms with E-state index in [0.717, 1.165) is 23.7 Å². The Morgan fingerprint density at radius 2 is 2.09 bits per heavy atom. The van der Waals surface area contributed by atoms with Crippen LogP contribution < -0.4 is 4.90 Å². The molecule has 3 nitrogen and oxygen atoms in total. The molecular formula is C18H22N2OS. The van der Waals surface area contributed by atoms with E-state index in [-0.39, 0.29) is 5.92 Å². The molecule has 0 aliphatic carbocycles. The summed E-state index contributed by atoms with van der Waals surface area (Å²) in [7, 11) is 0. The number of carbonyl (C=O) groups excluding carboxylic acids is 1. The van der Waals surface area contributed by atoms with E-state index in [0.29, 0.717) is 12.2 Å². The molecule has 0 spiro atoms. The number of aromatic nitrogens is 1. The van der Waals surface area contributed by atoms with Gasteiger partial charge in [0.15, 0.2) is 0 Å². The minimum atomic E-state index is 0.0916. The fourth-order valence-corrected chi connectivity index (χ4v) is 3.52. The highest BCUT2D eigenvalue weighted by atomic mass is 32.1. The molecule has 0 saturated carbocycles. The molecule has 1 aliphatic rings. The quantitative estimate of drug-likeness (QED) is 0.830. The van der Waals surface area contributed by atoms with Crippen molar-refractivity contribution in [3.8, 4) is 10.6 Å². The van der Waals surface area contributed by atoms with E-state index in [9.17, 15) is 4.79 Å². The second-order valence-corrected chi connectivity index (χ2v) is 7.08. The van der Waals surface area contributed by atoms with Crippen LogP contribution in [0.25, 0.3) is 10.6 Å². The number of carbonyl (C=O) groups is 1. The Labute approximate surface area is 136 Å². The summed E-state index contributed by atoms with van der Waals surface area (Å²) < 4.78 is 0. The van der Waals surface area contributed by atoms with E-state index in [1.54, 1.807) is 11.3 Å². The summed E-state index contributed by atoms with van der Waals surface area (Å²) >= 11 is 1.67. The van der Waals surface area contributed by atoms with Gasteiger partial charge in [0.25, 0.3) is 0 Å². The molecule has 0 radical (unpaired) electrons. The van der Waals surface area contributed by atoms with E-state index in [1.807, 2.05) is 25.4 Å². The minimum Gasteiger partial charge on any atom is -0.371 e. The van der Waals surface area contributed by atoms with Gasteiger partial charge < -0.3 is 4.90 Å². The van der Waals surface area contributed by atoms with Crippen LogP contribution in [0.2, 0.25) is 0 Å². The molecule has 22 heavy (non-hydrogen) atoms. The average molecular weight is 314 g/mol. The molecule has 2 heterocycles. The van der Waals surface area contributed by atoms with Gasteiger partial charge in [0, 0.05) is 48.3 Å². The Morgan fingerprint density at radius 3 is 2.73 bits per heavy atom. The summed E-state index contributed by atoms with van der Waals surface area (Å²) in [6, 6.07) is 6.41. The molecule has 0 atom stereocenters.